The molecule has 3 N–H and O–H groups in total. The summed E-state index contributed by atoms with van der Waals surface area (Å²) >= 11 is 0. The lowest BCUT2D eigenvalue weighted by molar-refractivity contribution is 0.0632. The van der Waals surface area contributed by atoms with Gasteiger partial charge in [0, 0.05) is 19.0 Å². The molecule has 1 aliphatic rings. The van der Waals surface area contributed by atoms with Gasteiger partial charge in [0.1, 0.15) is 0 Å². The zero-order chi connectivity index (χ0) is 20.6. The van der Waals surface area contributed by atoms with Crippen LogP contribution >= 0.6 is 0 Å². The normalized spacial score (nSPS) is 22.7. The molecular weight excluding hydrogens is 358 g/mol. The monoisotopic (exact) mass is 387 g/mol. The first-order chi connectivity index (χ1) is 13.3. The third kappa shape index (κ3) is 3.51. The van der Waals surface area contributed by atoms with Crippen molar-refractivity contribution in [1.82, 2.24) is 9.13 Å². The zero-order valence-electron chi connectivity index (χ0n) is 16.7. The number of rotatable bonds is 5. The number of hydrogen-bond acceptors (Lipinski definition) is 4. The molecule has 1 aromatic carbocycles. The van der Waals surface area contributed by atoms with Crippen molar-refractivity contribution in [3.63, 3.8) is 0 Å². The standard InChI is InChI=1S/C21H29N3O4/c1-12(2)15-6-4-13(3)10-16(15)19(25)24-17-7-5-14(20(26)27)11-18(17)23(9-8-22)21(24)28/h5,7,11-13,15-16H,4,6,8-10,22H2,1-3H3,(H,26,27)/t13?,15-,16?/m0/s1. The highest BCUT2D eigenvalue weighted by atomic mass is 16.4. The van der Waals surface area contributed by atoms with E-state index in [4.69, 9.17) is 5.73 Å². The van der Waals surface area contributed by atoms with Gasteiger partial charge in [-0.2, -0.15) is 0 Å². The largest absolute Gasteiger partial charge is 0.478 e. The van der Waals surface area contributed by atoms with Crippen LogP contribution in [0.5, 0.6) is 0 Å². The second-order valence-electron chi connectivity index (χ2n) is 8.34. The first kappa shape index (κ1) is 20.3. The molecule has 1 fully saturated rings. The maximum Gasteiger partial charge on any atom is 0.336 e. The van der Waals surface area contributed by atoms with E-state index in [1.165, 1.54) is 21.3 Å². The molecule has 0 spiro atoms. The van der Waals surface area contributed by atoms with Gasteiger partial charge in [0.25, 0.3) is 0 Å². The maximum atomic E-state index is 13.5. The van der Waals surface area contributed by atoms with Crippen molar-refractivity contribution in [2.24, 2.45) is 29.4 Å². The molecule has 1 saturated carbocycles. The zero-order valence-corrected chi connectivity index (χ0v) is 16.7. The Labute approximate surface area is 164 Å². The predicted octanol–water partition coefficient (Wildman–Crippen LogP) is 2.81. The molecule has 0 aliphatic heterocycles. The summed E-state index contributed by atoms with van der Waals surface area (Å²) < 4.78 is 2.66. The fourth-order valence-corrected chi connectivity index (χ4v) is 4.60. The van der Waals surface area contributed by atoms with Crippen molar-refractivity contribution in [2.45, 2.75) is 46.6 Å². The Kier molecular flexibility index (Phi) is 5.74. The lowest BCUT2D eigenvalue weighted by atomic mass is 9.69. The van der Waals surface area contributed by atoms with E-state index in [0.717, 1.165) is 19.3 Å². The van der Waals surface area contributed by atoms with E-state index < -0.39 is 11.7 Å². The molecule has 3 atom stereocenters. The van der Waals surface area contributed by atoms with Gasteiger partial charge >= 0.3 is 11.7 Å². The minimum absolute atomic E-state index is 0.0780. The SMILES string of the molecule is CC1CC[C@@H](C(C)C)C(C(=O)n2c(=O)n(CCN)c3cc(C(=O)O)ccc32)C1. The number of carbonyl (C=O) groups is 2. The number of fused-ring (bicyclic) bond motifs is 1. The number of carboxylic acids is 1. The molecule has 152 valence electrons. The molecule has 0 saturated heterocycles. The summed E-state index contributed by atoms with van der Waals surface area (Å²) in [5.74, 6) is -0.434. The Morgan fingerprint density at radius 3 is 2.57 bits per heavy atom. The Balaban J connectivity index is 2.16. The van der Waals surface area contributed by atoms with E-state index >= 15 is 0 Å². The number of nitrogens with two attached hydrogens (primary N) is 1. The van der Waals surface area contributed by atoms with Crippen molar-refractivity contribution >= 4 is 22.9 Å². The van der Waals surface area contributed by atoms with Gasteiger partial charge in [-0.1, -0.05) is 27.2 Å². The number of carboxylic acid groups (broad SMARTS) is 1. The van der Waals surface area contributed by atoms with E-state index in [-0.39, 0.29) is 36.4 Å². The molecule has 0 amide bonds. The number of nitrogens with zero attached hydrogens (tertiary/aromatic N) is 2. The summed E-state index contributed by atoms with van der Waals surface area (Å²) in [5.41, 5.74) is 6.19. The average Bonchev–Trinajstić information content (AvgIpc) is 2.92. The van der Waals surface area contributed by atoms with Crippen molar-refractivity contribution in [2.75, 3.05) is 6.54 Å². The first-order valence-electron chi connectivity index (χ1n) is 9.99. The van der Waals surface area contributed by atoms with Crippen LogP contribution in [0.4, 0.5) is 0 Å². The molecule has 1 aliphatic carbocycles. The third-order valence-corrected chi connectivity index (χ3v) is 6.09. The van der Waals surface area contributed by atoms with Crippen LogP contribution in [0.2, 0.25) is 0 Å². The molecule has 1 heterocycles. The third-order valence-electron chi connectivity index (χ3n) is 6.09. The maximum absolute atomic E-state index is 13.5. The summed E-state index contributed by atoms with van der Waals surface area (Å²) in [6.07, 6.45) is 2.85. The van der Waals surface area contributed by atoms with Crippen LogP contribution in [0.15, 0.2) is 23.0 Å². The number of benzene rings is 1. The molecule has 2 aromatic rings. The van der Waals surface area contributed by atoms with Gasteiger partial charge in [-0.15, -0.1) is 0 Å². The highest BCUT2D eigenvalue weighted by molar-refractivity contribution is 5.96. The highest BCUT2D eigenvalue weighted by Gasteiger charge is 2.37. The summed E-state index contributed by atoms with van der Waals surface area (Å²) in [7, 11) is 0. The van der Waals surface area contributed by atoms with E-state index in [9.17, 15) is 19.5 Å². The van der Waals surface area contributed by atoms with Crippen LogP contribution in [-0.4, -0.2) is 32.7 Å². The molecule has 2 unspecified atom stereocenters. The Morgan fingerprint density at radius 2 is 1.96 bits per heavy atom. The highest BCUT2D eigenvalue weighted by Crippen LogP contribution is 2.39. The molecular formula is C21H29N3O4. The molecule has 28 heavy (non-hydrogen) atoms. The molecule has 7 heteroatoms. The average molecular weight is 387 g/mol. The van der Waals surface area contributed by atoms with Crippen LogP contribution in [0.1, 0.15) is 55.2 Å². The lowest BCUT2D eigenvalue weighted by Crippen LogP contribution is -2.40. The van der Waals surface area contributed by atoms with Gasteiger partial charge in [-0.05, 0) is 48.8 Å². The van der Waals surface area contributed by atoms with Gasteiger partial charge in [0.2, 0.25) is 5.91 Å². The Hall–Kier alpha value is -2.41. The molecule has 1 aromatic heterocycles. The molecule has 0 bridgehead atoms. The van der Waals surface area contributed by atoms with Crippen LogP contribution in [0.3, 0.4) is 0 Å². The van der Waals surface area contributed by atoms with Crippen molar-refractivity contribution in [3.8, 4) is 0 Å². The molecule has 0 radical (unpaired) electrons. The van der Waals surface area contributed by atoms with E-state index in [1.54, 1.807) is 6.07 Å². The molecule has 7 nitrogen and oxygen atoms in total. The smallest absolute Gasteiger partial charge is 0.336 e. The van der Waals surface area contributed by atoms with Crippen LogP contribution in [0.25, 0.3) is 11.0 Å². The van der Waals surface area contributed by atoms with Gasteiger partial charge < -0.3 is 10.8 Å². The van der Waals surface area contributed by atoms with Crippen molar-refractivity contribution < 1.29 is 14.7 Å². The Bertz CT molecular complexity index is 956. The fourth-order valence-electron chi connectivity index (χ4n) is 4.60. The van der Waals surface area contributed by atoms with Crippen LogP contribution in [-0.2, 0) is 6.54 Å². The summed E-state index contributed by atoms with van der Waals surface area (Å²) in [5, 5.41) is 9.29. The van der Waals surface area contributed by atoms with Crippen molar-refractivity contribution in [1.29, 1.82) is 0 Å². The second kappa shape index (κ2) is 7.91. The summed E-state index contributed by atoms with van der Waals surface area (Å²) in [6.45, 7) is 6.85. The quantitative estimate of drug-likeness (QED) is 0.820. The first-order valence-corrected chi connectivity index (χ1v) is 9.99. The van der Waals surface area contributed by atoms with E-state index in [0.29, 0.717) is 22.9 Å². The van der Waals surface area contributed by atoms with Crippen LogP contribution in [0, 0.1) is 23.7 Å². The fraction of sp³-hybridized carbons (Fsp3) is 0.571. The summed E-state index contributed by atoms with van der Waals surface area (Å²) in [6, 6.07) is 4.44. The van der Waals surface area contributed by atoms with E-state index in [2.05, 4.69) is 20.8 Å². The molecule has 3 rings (SSSR count). The number of aromatic carboxylic acids is 1. The minimum Gasteiger partial charge on any atom is -0.478 e. The topological polar surface area (TPSA) is 107 Å². The van der Waals surface area contributed by atoms with Gasteiger partial charge in [-0.25, -0.2) is 14.2 Å². The van der Waals surface area contributed by atoms with Gasteiger partial charge in [0.05, 0.1) is 16.6 Å². The summed E-state index contributed by atoms with van der Waals surface area (Å²) in [4.78, 5) is 38.0. The van der Waals surface area contributed by atoms with Gasteiger partial charge in [-0.3, -0.25) is 9.36 Å². The lowest BCUT2D eigenvalue weighted by Gasteiger charge is -2.36. The number of aromatic nitrogens is 2. The van der Waals surface area contributed by atoms with Crippen LogP contribution < -0.4 is 11.4 Å². The second-order valence-corrected chi connectivity index (χ2v) is 8.34. The predicted molar refractivity (Wildman–Crippen MR) is 108 cm³/mol. The van der Waals surface area contributed by atoms with E-state index in [1.807, 2.05) is 0 Å². The number of carbonyl (C=O) groups excluding carboxylic acids is 1. The number of hydrogen-bond donors (Lipinski definition) is 2. The number of imidazole rings is 1. The minimum atomic E-state index is -1.08. The van der Waals surface area contributed by atoms with Crippen molar-refractivity contribution in [3.05, 3.63) is 34.2 Å². The Morgan fingerprint density at radius 1 is 1.25 bits per heavy atom. The van der Waals surface area contributed by atoms with Gasteiger partial charge in [0.15, 0.2) is 0 Å².